The van der Waals surface area contributed by atoms with Crippen LogP contribution in [0.1, 0.15) is 24.3 Å². The van der Waals surface area contributed by atoms with Crippen molar-refractivity contribution in [2.75, 3.05) is 19.6 Å². The smallest absolute Gasteiger partial charge is 0.272 e. The Morgan fingerprint density at radius 1 is 1.67 bits per heavy atom. The summed E-state index contributed by atoms with van der Waals surface area (Å²) in [5.74, 6) is -0.0233. The van der Waals surface area contributed by atoms with Crippen LogP contribution in [0.15, 0.2) is 12.3 Å². The van der Waals surface area contributed by atoms with E-state index in [9.17, 15) is 4.79 Å². The number of aromatic nitrogens is 2. The monoisotopic (exact) mass is 252 g/mol. The minimum atomic E-state index is -0.365. The Kier molecular flexibility index (Phi) is 3.41. The van der Waals surface area contributed by atoms with Crippen molar-refractivity contribution in [1.29, 1.82) is 0 Å². The predicted molar refractivity (Wildman–Crippen MR) is 67.1 cm³/mol. The average Bonchev–Trinajstić information content (AvgIpc) is 2.72. The molecule has 0 aromatic carbocycles. The van der Waals surface area contributed by atoms with Crippen LogP contribution in [0, 0.1) is 0 Å². The minimum Gasteiger partial charge on any atom is -0.367 e. The van der Waals surface area contributed by atoms with Crippen LogP contribution in [-0.4, -0.2) is 51.9 Å². The van der Waals surface area contributed by atoms with Gasteiger partial charge in [-0.15, -0.1) is 0 Å². The Morgan fingerprint density at radius 3 is 2.94 bits per heavy atom. The van der Waals surface area contributed by atoms with Crippen LogP contribution in [-0.2, 0) is 11.8 Å². The van der Waals surface area contributed by atoms with Gasteiger partial charge >= 0.3 is 0 Å². The molecule has 1 aromatic heterocycles. The van der Waals surface area contributed by atoms with E-state index in [1.165, 1.54) is 0 Å². The van der Waals surface area contributed by atoms with E-state index >= 15 is 0 Å². The molecule has 2 N–H and O–H groups in total. The lowest BCUT2D eigenvalue weighted by molar-refractivity contribution is -0.122. The second kappa shape index (κ2) is 4.70. The molecule has 2 rings (SSSR count). The van der Waals surface area contributed by atoms with Gasteiger partial charge in [-0.2, -0.15) is 5.10 Å². The van der Waals surface area contributed by atoms with Crippen LogP contribution in [0.5, 0.6) is 0 Å². The zero-order valence-corrected chi connectivity index (χ0v) is 11.1. The van der Waals surface area contributed by atoms with Crippen LogP contribution in [0.25, 0.3) is 0 Å². The molecule has 1 unspecified atom stereocenters. The largest absolute Gasteiger partial charge is 0.367 e. The van der Waals surface area contributed by atoms with Crippen molar-refractivity contribution >= 4 is 5.91 Å². The van der Waals surface area contributed by atoms with E-state index in [-0.39, 0.29) is 17.6 Å². The van der Waals surface area contributed by atoms with Gasteiger partial charge in [-0.05, 0) is 19.9 Å². The Labute approximate surface area is 107 Å². The standard InChI is InChI=1S/C12H20N4O2/c1-12(2)8-16(7-9(6-13)18-12)11(17)10-4-5-14-15(10)3/h4-5,9H,6-8,13H2,1-3H3. The van der Waals surface area contributed by atoms with Crippen molar-refractivity contribution < 1.29 is 9.53 Å². The summed E-state index contributed by atoms with van der Waals surface area (Å²) in [6, 6.07) is 1.72. The van der Waals surface area contributed by atoms with Crippen LogP contribution in [0.4, 0.5) is 0 Å². The van der Waals surface area contributed by atoms with Crippen molar-refractivity contribution in [3.8, 4) is 0 Å². The molecule has 0 spiro atoms. The van der Waals surface area contributed by atoms with Crippen LogP contribution in [0.3, 0.4) is 0 Å². The lowest BCUT2D eigenvalue weighted by Crippen LogP contribution is -2.56. The van der Waals surface area contributed by atoms with Gasteiger partial charge in [0.1, 0.15) is 5.69 Å². The molecule has 1 amide bonds. The molecule has 0 saturated carbocycles. The number of rotatable bonds is 2. The Bertz CT molecular complexity index is 441. The Morgan fingerprint density at radius 2 is 2.39 bits per heavy atom. The summed E-state index contributed by atoms with van der Waals surface area (Å²) in [5, 5.41) is 4.02. The SMILES string of the molecule is Cn1nccc1C(=O)N1CC(CN)OC(C)(C)C1. The molecule has 6 nitrogen and oxygen atoms in total. The van der Waals surface area contributed by atoms with Gasteiger partial charge in [0.15, 0.2) is 0 Å². The summed E-state index contributed by atoms with van der Waals surface area (Å²) in [6.45, 7) is 5.45. The molecule has 1 atom stereocenters. The number of ether oxygens (including phenoxy) is 1. The third-order valence-electron chi connectivity index (χ3n) is 3.07. The third kappa shape index (κ3) is 2.54. The maximum atomic E-state index is 12.4. The molecule has 18 heavy (non-hydrogen) atoms. The zero-order valence-electron chi connectivity index (χ0n) is 11.1. The fraction of sp³-hybridized carbons (Fsp3) is 0.667. The third-order valence-corrected chi connectivity index (χ3v) is 3.07. The number of hydrogen-bond donors (Lipinski definition) is 1. The maximum absolute atomic E-state index is 12.4. The van der Waals surface area contributed by atoms with E-state index in [1.54, 1.807) is 28.9 Å². The molecule has 6 heteroatoms. The molecular formula is C12H20N4O2. The van der Waals surface area contributed by atoms with Crippen LogP contribution in [0.2, 0.25) is 0 Å². The number of nitrogens with two attached hydrogens (primary N) is 1. The summed E-state index contributed by atoms with van der Waals surface area (Å²) < 4.78 is 7.40. The first-order chi connectivity index (χ1) is 8.43. The summed E-state index contributed by atoms with van der Waals surface area (Å²) in [7, 11) is 1.76. The lowest BCUT2D eigenvalue weighted by atomic mass is 10.0. The first kappa shape index (κ1) is 13.0. The van der Waals surface area contributed by atoms with E-state index in [2.05, 4.69) is 5.10 Å². The van der Waals surface area contributed by atoms with Crippen LogP contribution < -0.4 is 5.73 Å². The number of morpholine rings is 1. The minimum absolute atomic E-state index is 0.0233. The molecule has 1 saturated heterocycles. The first-order valence-corrected chi connectivity index (χ1v) is 6.08. The molecular weight excluding hydrogens is 232 g/mol. The number of nitrogens with zero attached hydrogens (tertiary/aromatic N) is 3. The summed E-state index contributed by atoms with van der Waals surface area (Å²) in [6.07, 6.45) is 1.52. The van der Waals surface area contributed by atoms with Gasteiger partial charge in [-0.1, -0.05) is 0 Å². The van der Waals surface area contributed by atoms with Gasteiger partial charge in [-0.25, -0.2) is 0 Å². The predicted octanol–water partition coefficient (Wildman–Crippen LogP) is -0.00160. The number of aryl methyl sites for hydroxylation is 1. The summed E-state index contributed by atoms with van der Waals surface area (Å²) >= 11 is 0. The zero-order chi connectivity index (χ0) is 13.3. The van der Waals surface area contributed by atoms with Crippen molar-refractivity contribution in [1.82, 2.24) is 14.7 Å². The molecule has 1 aromatic rings. The van der Waals surface area contributed by atoms with Crippen molar-refractivity contribution in [3.63, 3.8) is 0 Å². The normalized spacial score (nSPS) is 23.1. The number of carbonyl (C=O) groups is 1. The van der Waals surface area contributed by atoms with E-state index in [1.807, 2.05) is 13.8 Å². The van der Waals surface area contributed by atoms with E-state index in [0.29, 0.717) is 25.3 Å². The highest BCUT2D eigenvalue weighted by Gasteiger charge is 2.35. The van der Waals surface area contributed by atoms with Gasteiger partial charge in [0, 0.05) is 32.9 Å². The van der Waals surface area contributed by atoms with Crippen molar-refractivity contribution in [2.24, 2.45) is 12.8 Å². The molecule has 2 heterocycles. The fourth-order valence-electron chi connectivity index (χ4n) is 2.32. The lowest BCUT2D eigenvalue weighted by Gasteiger charge is -2.42. The van der Waals surface area contributed by atoms with E-state index < -0.39 is 0 Å². The average molecular weight is 252 g/mol. The quantitative estimate of drug-likeness (QED) is 0.804. The Hall–Kier alpha value is -1.40. The second-order valence-corrected chi connectivity index (χ2v) is 5.26. The van der Waals surface area contributed by atoms with Gasteiger partial charge in [0.05, 0.1) is 11.7 Å². The highest BCUT2D eigenvalue weighted by Crippen LogP contribution is 2.21. The highest BCUT2D eigenvalue weighted by molar-refractivity contribution is 5.92. The molecule has 1 aliphatic heterocycles. The fourth-order valence-corrected chi connectivity index (χ4v) is 2.32. The van der Waals surface area contributed by atoms with Crippen molar-refractivity contribution in [3.05, 3.63) is 18.0 Å². The number of hydrogen-bond acceptors (Lipinski definition) is 4. The van der Waals surface area contributed by atoms with E-state index in [4.69, 9.17) is 10.5 Å². The topological polar surface area (TPSA) is 73.4 Å². The molecule has 0 bridgehead atoms. The molecule has 1 fully saturated rings. The van der Waals surface area contributed by atoms with E-state index in [0.717, 1.165) is 0 Å². The highest BCUT2D eigenvalue weighted by atomic mass is 16.5. The molecule has 1 aliphatic rings. The van der Waals surface area contributed by atoms with Crippen molar-refractivity contribution in [2.45, 2.75) is 25.6 Å². The van der Waals surface area contributed by atoms with Gasteiger partial charge in [-0.3, -0.25) is 9.48 Å². The molecule has 0 aliphatic carbocycles. The number of amides is 1. The van der Waals surface area contributed by atoms with Gasteiger partial charge < -0.3 is 15.4 Å². The molecule has 100 valence electrons. The first-order valence-electron chi connectivity index (χ1n) is 6.08. The number of carbonyl (C=O) groups excluding carboxylic acids is 1. The summed E-state index contributed by atoms with van der Waals surface area (Å²) in [4.78, 5) is 14.2. The second-order valence-electron chi connectivity index (χ2n) is 5.26. The Balaban J connectivity index is 2.17. The maximum Gasteiger partial charge on any atom is 0.272 e. The van der Waals surface area contributed by atoms with Gasteiger partial charge in [0.25, 0.3) is 5.91 Å². The van der Waals surface area contributed by atoms with Crippen LogP contribution >= 0.6 is 0 Å². The molecule has 0 radical (unpaired) electrons. The van der Waals surface area contributed by atoms with Gasteiger partial charge in [0.2, 0.25) is 0 Å². The summed E-state index contributed by atoms with van der Waals surface area (Å²) in [5.41, 5.74) is 5.88.